The third kappa shape index (κ3) is 3.83. The third-order valence-electron chi connectivity index (χ3n) is 1.09. The van der Waals surface area contributed by atoms with Crippen molar-refractivity contribution in [3.63, 3.8) is 0 Å². The van der Waals surface area contributed by atoms with Crippen molar-refractivity contribution in [1.29, 1.82) is 0 Å². The fourth-order valence-electron chi connectivity index (χ4n) is 0.571. The van der Waals surface area contributed by atoms with Crippen LogP contribution in [0.1, 0.15) is 0 Å². The molecule has 2 amide bonds. The summed E-state index contributed by atoms with van der Waals surface area (Å²) in [5.41, 5.74) is 3.03. The molecule has 1 aliphatic heterocycles. The first-order chi connectivity index (χ1) is 6.49. The van der Waals surface area contributed by atoms with Crippen molar-refractivity contribution >= 4 is 23.3 Å². The second kappa shape index (κ2) is 4.51. The minimum absolute atomic E-state index is 0.265. The molecule has 5 nitrogen and oxygen atoms in total. The Hall–Kier alpha value is -0.960. The smallest absolute Gasteiger partial charge is 0.263 e. The molecule has 0 unspecified atom stereocenters. The molecule has 0 aromatic rings. The molecule has 80 valence electrons. The van der Waals surface area contributed by atoms with Gasteiger partial charge in [-0.3, -0.25) is 4.84 Å². The quantitative estimate of drug-likeness (QED) is 0.722. The summed E-state index contributed by atoms with van der Waals surface area (Å²) in [6.45, 7) is -1.52. The maximum Gasteiger partial charge on any atom is 0.414 e. The Morgan fingerprint density at radius 1 is 1.71 bits per heavy atom. The molecule has 0 aromatic carbocycles. The highest BCUT2D eigenvalue weighted by molar-refractivity contribution is 8.12. The van der Waals surface area contributed by atoms with Gasteiger partial charge in [-0.2, -0.15) is 18.3 Å². The van der Waals surface area contributed by atoms with E-state index in [1.165, 1.54) is 17.3 Å². The summed E-state index contributed by atoms with van der Waals surface area (Å²) in [5, 5.41) is 4.49. The number of amides is 2. The molecule has 0 aromatic heterocycles. The van der Waals surface area contributed by atoms with Gasteiger partial charge in [0, 0.05) is 0 Å². The molecular weight excluding hydrogens is 223 g/mol. The van der Waals surface area contributed by atoms with Gasteiger partial charge in [0.15, 0.2) is 6.61 Å². The van der Waals surface area contributed by atoms with Gasteiger partial charge >= 0.3 is 12.2 Å². The molecule has 14 heavy (non-hydrogen) atoms. The predicted octanol–water partition coefficient (Wildman–Crippen LogP) is 1.14. The molecule has 0 bridgehead atoms. The summed E-state index contributed by atoms with van der Waals surface area (Å²) in [6.07, 6.45) is -4.46. The topological polar surface area (TPSA) is 53.9 Å². The van der Waals surface area contributed by atoms with Crippen molar-refractivity contribution in [2.75, 3.05) is 12.5 Å². The number of thioether (sulfide) groups is 1. The van der Waals surface area contributed by atoms with Crippen LogP contribution in [0.25, 0.3) is 0 Å². The molecule has 0 radical (unpaired) electrons. The zero-order chi connectivity index (χ0) is 10.6. The van der Waals surface area contributed by atoms with Crippen LogP contribution >= 0.6 is 11.8 Å². The van der Waals surface area contributed by atoms with Crippen LogP contribution in [0.2, 0.25) is 0 Å². The Labute approximate surface area is 81.2 Å². The largest absolute Gasteiger partial charge is 0.414 e. The molecule has 0 saturated heterocycles. The second-order valence-corrected chi connectivity index (χ2v) is 3.03. The number of halogens is 3. The van der Waals surface area contributed by atoms with Crippen LogP contribution in [0, 0.1) is 0 Å². The number of hydrogen-bond donors (Lipinski definition) is 1. The minimum atomic E-state index is -4.46. The Bertz CT molecular complexity index is 245. The molecule has 0 saturated carbocycles. The van der Waals surface area contributed by atoms with Gasteiger partial charge in [-0.1, -0.05) is 11.8 Å². The van der Waals surface area contributed by atoms with Crippen molar-refractivity contribution < 1.29 is 22.8 Å². The van der Waals surface area contributed by atoms with Gasteiger partial charge in [0.25, 0.3) is 0 Å². The molecule has 0 atom stereocenters. The van der Waals surface area contributed by atoms with E-state index in [1.807, 2.05) is 0 Å². The first-order valence-corrected chi connectivity index (χ1v) is 4.44. The number of rotatable bonds is 2. The number of carbonyl (C=O) groups excluding carboxylic acids is 1. The number of hydrogen-bond acceptors (Lipinski definition) is 4. The molecule has 0 aliphatic carbocycles. The van der Waals surface area contributed by atoms with Crippen LogP contribution in [0.4, 0.5) is 18.0 Å². The lowest BCUT2D eigenvalue weighted by Gasteiger charge is -2.12. The van der Waals surface area contributed by atoms with Crippen molar-refractivity contribution in [3.05, 3.63) is 0 Å². The number of nitrogens with zero attached hydrogens (tertiary/aromatic N) is 2. The number of carbonyl (C=O) groups is 1. The Morgan fingerprint density at radius 2 is 2.43 bits per heavy atom. The van der Waals surface area contributed by atoms with Crippen LogP contribution < -0.4 is 5.48 Å². The molecule has 0 spiro atoms. The maximum absolute atomic E-state index is 11.6. The van der Waals surface area contributed by atoms with E-state index in [1.54, 1.807) is 5.48 Å². The molecular formula is C5H6F3N3O2S. The Morgan fingerprint density at radius 3 is 2.93 bits per heavy atom. The van der Waals surface area contributed by atoms with Crippen molar-refractivity contribution in [3.8, 4) is 0 Å². The highest BCUT2D eigenvalue weighted by Crippen LogP contribution is 2.14. The van der Waals surface area contributed by atoms with Crippen LogP contribution in [0.15, 0.2) is 5.10 Å². The second-order valence-electron chi connectivity index (χ2n) is 2.23. The molecule has 1 heterocycles. The lowest BCUT2D eigenvalue weighted by Crippen LogP contribution is -2.37. The molecule has 1 aliphatic rings. The monoisotopic (exact) mass is 229 g/mol. The normalized spacial score (nSPS) is 16.1. The highest BCUT2D eigenvalue weighted by atomic mass is 32.2. The number of nitrogens with one attached hydrogen (secondary N) is 1. The molecule has 0 fully saturated rings. The lowest BCUT2D eigenvalue weighted by molar-refractivity contribution is -0.184. The van der Waals surface area contributed by atoms with Gasteiger partial charge in [0.1, 0.15) is 0 Å². The zero-order valence-corrected chi connectivity index (χ0v) is 7.56. The van der Waals surface area contributed by atoms with E-state index >= 15 is 0 Å². The van der Waals surface area contributed by atoms with Crippen molar-refractivity contribution in [1.82, 2.24) is 10.5 Å². The highest BCUT2D eigenvalue weighted by Gasteiger charge is 2.28. The fourth-order valence-corrected chi connectivity index (χ4v) is 1.14. The van der Waals surface area contributed by atoms with E-state index in [-0.39, 0.29) is 5.88 Å². The van der Waals surface area contributed by atoms with Gasteiger partial charge in [0.05, 0.1) is 11.4 Å². The standard InChI is InChI=1S/C5H6F3N3O2S/c6-5(7,8)1-13-10-4(12)11-3-14-2-9-11/h2H,1,3H2,(H,10,12). The van der Waals surface area contributed by atoms with Crippen molar-refractivity contribution in [2.45, 2.75) is 6.18 Å². The van der Waals surface area contributed by atoms with Gasteiger partial charge in [-0.25, -0.2) is 15.3 Å². The van der Waals surface area contributed by atoms with Crippen molar-refractivity contribution in [2.24, 2.45) is 5.10 Å². The van der Waals surface area contributed by atoms with Crippen LogP contribution in [-0.4, -0.2) is 35.2 Å². The summed E-state index contributed by atoms with van der Waals surface area (Å²) < 4.78 is 34.7. The minimum Gasteiger partial charge on any atom is -0.263 e. The van der Waals surface area contributed by atoms with E-state index in [2.05, 4.69) is 9.94 Å². The van der Waals surface area contributed by atoms with Gasteiger partial charge in [-0.15, -0.1) is 0 Å². The first-order valence-electron chi connectivity index (χ1n) is 3.39. The maximum atomic E-state index is 11.6. The summed E-state index contributed by atoms with van der Waals surface area (Å²) in [5.74, 6) is 0.265. The Kier molecular flexibility index (Phi) is 3.58. The van der Waals surface area contributed by atoms with Crippen LogP contribution in [-0.2, 0) is 4.84 Å². The molecule has 9 heteroatoms. The SMILES string of the molecule is O=C(NOCC(F)(F)F)N1CSC=N1. The zero-order valence-electron chi connectivity index (χ0n) is 6.74. The molecule has 1 N–H and O–H groups in total. The number of alkyl halides is 3. The lowest BCUT2D eigenvalue weighted by atomic mass is 10.7. The van der Waals surface area contributed by atoms with E-state index in [0.717, 1.165) is 5.01 Å². The summed E-state index contributed by atoms with van der Waals surface area (Å²) in [6, 6.07) is -0.824. The van der Waals surface area contributed by atoms with Gasteiger partial charge in [-0.05, 0) is 0 Å². The third-order valence-corrected chi connectivity index (χ3v) is 1.72. The average Bonchev–Trinajstić information content (AvgIpc) is 2.53. The van der Waals surface area contributed by atoms with E-state index in [9.17, 15) is 18.0 Å². The molecule has 1 rings (SSSR count). The summed E-state index contributed by atoms with van der Waals surface area (Å²) >= 11 is 1.25. The number of hydrazone groups is 1. The van der Waals surface area contributed by atoms with E-state index in [4.69, 9.17) is 0 Å². The summed E-state index contributed by atoms with van der Waals surface area (Å²) in [4.78, 5) is 14.8. The van der Waals surface area contributed by atoms with Gasteiger partial charge in [0.2, 0.25) is 0 Å². The fraction of sp³-hybridized carbons (Fsp3) is 0.600. The average molecular weight is 229 g/mol. The first kappa shape index (κ1) is 11.1. The number of hydroxylamine groups is 1. The predicted molar refractivity (Wildman–Crippen MR) is 43.3 cm³/mol. The van der Waals surface area contributed by atoms with Gasteiger partial charge < -0.3 is 0 Å². The van der Waals surface area contributed by atoms with E-state index < -0.39 is 18.8 Å². The van der Waals surface area contributed by atoms with Crippen LogP contribution in [0.3, 0.4) is 0 Å². The Balaban J connectivity index is 2.18. The number of urea groups is 1. The summed E-state index contributed by atoms with van der Waals surface area (Å²) in [7, 11) is 0. The van der Waals surface area contributed by atoms with Crippen LogP contribution in [0.5, 0.6) is 0 Å². The van der Waals surface area contributed by atoms with E-state index in [0.29, 0.717) is 0 Å².